The van der Waals surface area contributed by atoms with Gasteiger partial charge in [-0.05, 0) is 13.0 Å². The summed E-state index contributed by atoms with van der Waals surface area (Å²) in [4.78, 5) is 49.4. The molecule has 7 N–H and O–H groups in total. The minimum Gasteiger partial charge on any atom is -0.387 e. The molecule has 0 radical (unpaired) electrons. The van der Waals surface area contributed by atoms with Crippen LogP contribution in [-0.4, -0.2) is 57.4 Å². The van der Waals surface area contributed by atoms with E-state index in [1.54, 1.807) is 0 Å². The van der Waals surface area contributed by atoms with Crippen LogP contribution in [0.15, 0.2) is 17.1 Å². The number of nitrogen functional groups attached to an aromatic ring is 1. The van der Waals surface area contributed by atoms with Crippen LogP contribution < -0.4 is 11.4 Å². The smallest absolute Gasteiger partial charge is 0.387 e. The van der Waals surface area contributed by atoms with Crippen molar-refractivity contribution in [2.24, 2.45) is 0 Å². The lowest BCUT2D eigenvalue weighted by Gasteiger charge is -2.26. The van der Waals surface area contributed by atoms with Gasteiger partial charge in [0.25, 0.3) is 0 Å². The van der Waals surface area contributed by atoms with E-state index in [9.17, 15) is 33.4 Å². The van der Waals surface area contributed by atoms with Gasteiger partial charge in [-0.3, -0.25) is 9.09 Å². The number of aliphatic hydroxyl groups excluding tert-OH is 1. The summed E-state index contributed by atoms with van der Waals surface area (Å²) in [5.74, 6) is 1.92. The molecule has 0 amide bonds. The highest BCUT2D eigenvalue weighted by atomic mass is 35.5. The van der Waals surface area contributed by atoms with Gasteiger partial charge in [0.05, 0.1) is 6.10 Å². The van der Waals surface area contributed by atoms with E-state index >= 15 is 0 Å². The molecule has 16 nitrogen and oxygen atoms in total. The van der Waals surface area contributed by atoms with Gasteiger partial charge in [-0.2, -0.15) is 13.6 Å². The number of ether oxygens (including phenoxy) is 1. The highest BCUT2D eigenvalue weighted by Crippen LogP contribution is 2.66. The molecule has 2 heterocycles. The second kappa shape index (κ2) is 9.25. The normalized spacial score (nSPS) is 30.8. The maximum atomic E-state index is 12.1. The molecule has 1 fully saturated rings. The number of hydrogen-bond acceptors (Lipinski definition) is 11. The average molecular weight is 540 g/mol. The third-order valence-electron chi connectivity index (χ3n) is 3.89. The van der Waals surface area contributed by atoms with Crippen molar-refractivity contribution >= 4 is 40.9 Å². The first-order valence-corrected chi connectivity index (χ1v) is 13.0. The third kappa shape index (κ3) is 6.25. The highest BCUT2D eigenvalue weighted by Gasteiger charge is 2.58. The van der Waals surface area contributed by atoms with Gasteiger partial charge in [0.1, 0.15) is 18.0 Å². The van der Waals surface area contributed by atoms with E-state index in [1.807, 2.05) is 0 Å². The predicted molar refractivity (Wildman–Crippen MR) is 105 cm³/mol. The Morgan fingerprint density at radius 3 is 2.41 bits per heavy atom. The van der Waals surface area contributed by atoms with Gasteiger partial charge in [-0.1, -0.05) is 17.5 Å². The molecule has 32 heavy (non-hydrogen) atoms. The first-order valence-electron chi connectivity index (χ1n) is 8.08. The number of aromatic nitrogens is 2. The molecule has 1 aromatic rings. The van der Waals surface area contributed by atoms with Gasteiger partial charge >= 0.3 is 29.2 Å². The Morgan fingerprint density at radius 1 is 1.31 bits per heavy atom. The fourth-order valence-corrected chi connectivity index (χ4v) is 6.15. The summed E-state index contributed by atoms with van der Waals surface area (Å²) in [5, 5.41) is 10.6. The molecule has 0 aliphatic carbocycles. The molecule has 0 bridgehead atoms. The van der Waals surface area contributed by atoms with E-state index in [0.29, 0.717) is 0 Å². The van der Waals surface area contributed by atoms with Crippen LogP contribution in [0.4, 0.5) is 5.82 Å². The number of aliphatic hydroxyl groups is 1. The van der Waals surface area contributed by atoms with Crippen molar-refractivity contribution in [1.82, 2.24) is 9.55 Å². The minimum absolute atomic E-state index is 0.136. The quantitative estimate of drug-likeness (QED) is 0.137. The van der Waals surface area contributed by atoms with Crippen molar-refractivity contribution in [2.45, 2.75) is 36.3 Å². The zero-order valence-corrected chi connectivity index (χ0v) is 19.2. The Bertz CT molecular complexity index is 1120. The standard InChI is InChI=1S/C12H17ClN3O13P3/c1-3-12(13)9(17)8(26-10(12)16-5-4-7(14)15-11(16)18)6(2)27-31(22,23)29-32(24,25)28-30(19,20)21/h1,4-6,8-10,17H,2H3,(H,22,23)(H,24,25)(H2,14,15,18)(H2,19,20,21)/t6-,8+,9-,10+,12?/m0/s1. The number of hydrogen-bond donors (Lipinski definition) is 6. The Hall–Kier alpha value is -1.14. The summed E-state index contributed by atoms with van der Waals surface area (Å²) in [6, 6.07) is 1.20. The molecule has 1 aliphatic rings. The maximum absolute atomic E-state index is 12.1. The summed E-state index contributed by atoms with van der Waals surface area (Å²) < 4.78 is 52.2. The summed E-state index contributed by atoms with van der Waals surface area (Å²) in [6.07, 6.45) is -0.192. The SMILES string of the molecule is C#CC1(Cl)[C@@H](O)[C@@H]([C@H](C)OP(=O)(O)OP(=O)(O)OP(=O)(O)O)O[C@H]1n1ccc(N)nc1=O. The second-order valence-corrected chi connectivity index (χ2v) is 11.3. The topological polar surface area (TPSA) is 250 Å². The van der Waals surface area contributed by atoms with Gasteiger partial charge in [0.15, 0.2) is 11.1 Å². The van der Waals surface area contributed by atoms with Crippen LogP contribution in [0.25, 0.3) is 0 Å². The molecule has 2 rings (SSSR count). The van der Waals surface area contributed by atoms with Crippen molar-refractivity contribution in [3.8, 4) is 12.3 Å². The van der Waals surface area contributed by atoms with Crippen LogP contribution in [0.2, 0.25) is 0 Å². The Morgan fingerprint density at radius 2 is 1.91 bits per heavy atom. The lowest BCUT2D eigenvalue weighted by molar-refractivity contribution is -0.0749. The van der Waals surface area contributed by atoms with E-state index in [-0.39, 0.29) is 5.82 Å². The second-order valence-electron chi connectivity index (χ2n) is 6.25. The number of phosphoric ester groups is 1. The fourth-order valence-electron chi connectivity index (χ4n) is 2.67. The summed E-state index contributed by atoms with van der Waals surface area (Å²) >= 11 is 6.27. The number of nitrogens with zero attached hydrogens (tertiary/aromatic N) is 2. The Balaban J connectivity index is 2.27. The van der Waals surface area contributed by atoms with Crippen molar-refractivity contribution < 1.29 is 56.3 Å². The zero-order valence-electron chi connectivity index (χ0n) is 15.7. The molecule has 0 saturated carbocycles. The van der Waals surface area contributed by atoms with Crippen LogP contribution >= 0.6 is 35.1 Å². The molecule has 20 heteroatoms. The number of nitrogens with two attached hydrogens (primary N) is 1. The number of rotatable bonds is 8. The molecule has 7 atom stereocenters. The number of halogens is 1. The van der Waals surface area contributed by atoms with Crippen molar-refractivity contribution in [3.05, 3.63) is 22.7 Å². The molecule has 0 spiro atoms. The van der Waals surface area contributed by atoms with Gasteiger partial charge in [-0.15, -0.1) is 6.42 Å². The minimum atomic E-state index is -5.77. The number of phosphoric acid groups is 3. The van der Waals surface area contributed by atoms with E-state index < -0.39 is 58.6 Å². The molecular formula is C12H17ClN3O13P3. The largest absolute Gasteiger partial charge is 0.490 e. The van der Waals surface area contributed by atoms with Gasteiger partial charge in [0.2, 0.25) is 0 Å². The van der Waals surface area contributed by atoms with Crippen LogP contribution in [0.1, 0.15) is 13.2 Å². The molecular weight excluding hydrogens is 523 g/mol. The molecule has 1 aliphatic heterocycles. The Kier molecular flexibility index (Phi) is 7.83. The lowest BCUT2D eigenvalue weighted by Crippen LogP contribution is -2.44. The predicted octanol–water partition coefficient (Wildman–Crippen LogP) is -0.574. The first-order chi connectivity index (χ1) is 14.4. The third-order valence-corrected chi connectivity index (χ3v) is 8.34. The highest BCUT2D eigenvalue weighted by molar-refractivity contribution is 7.66. The van der Waals surface area contributed by atoms with Crippen LogP contribution in [0.3, 0.4) is 0 Å². The molecule has 1 saturated heterocycles. The first kappa shape index (κ1) is 27.1. The van der Waals surface area contributed by atoms with Crippen molar-refractivity contribution in [2.75, 3.05) is 5.73 Å². The van der Waals surface area contributed by atoms with Crippen LogP contribution in [-0.2, 0) is 31.6 Å². The monoisotopic (exact) mass is 539 g/mol. The average Bonchev–Trinajstić information content (AvgIpc) is 2.84. The number of terminal acetylenes is 1. The molecule has 3 unspecified atom stereocenters. The van der Waals surface area contributed by atoms with Gasteiger partial charge in [0, 0.05) is 6.20 Å². The molecule has 1 aromatic heterocycles. The Labute approximate surface area is 184 Å². The van der Waals surface area contributed by atoms with Gasteiger partial charge < -0.3 is 35.2 Å². The summed E-state index contributed by atoms with van der Waals surface area (Å²) in [6.45, 7) is 1.03. The molecule has 0 aromatic carbocycles. The zero-order chi connectivity index (χ0) is 24.7. The van der Waals surface area contributed by atoms with Crippen molar-refractivity contribution in [1.29, 1.82) is 0 Å². The summed E-state index contributed by atoms with van der Waals surface area (Å²) in [7, 11) is -16.9. The fraction of sp³-hybridized carbons (Fsp3) is 0.500. The molecule has 180 valence electrons. The number of alkyl halides is 1. The summed E-state index contributed by atoms with van der Waals surface area (Å²) in [5.41, 5.74) is 4.45. The number of anilines is 1. The maximum Gasteiger partial charge on any atom is 0.490 e. The van der Waals surface area contributed by atoms with E-state index in [2.05, 4.69) is 24.0 Å². The van der Waals surface area contributed by atoms with E-state index in [1.165, 1.54) is 6.07 Å². The van der Waals surface area contributed by atoms with Crippen LogP contribution in [0.5, 0.6) is 0 Å². The van der Waals surface area contributed by atoms with Gasteiger partial charge in [-0.25, -0.2) is 18.5 Å². The van der Waals surface area contributed by atoms with Crippen LogP contribution in [0, 0.1) is 12.3 Å². The lowest BCUT2D eigenvalue weighted by atomic mass is 9.97. The van der Waals surface area contributed by atoms with E-state index in [4.69, 9.17) is 38.3 Å². The van der Waals surface area contributed by atoms with Crippen molar-refractivity contribution in [3.63, 3.8) is 0 Å². The van der Waals surface area contributed by atoms with E-state index in [0.717, 1.165) is 17.7 Å².